The van der Waals surface area contributed by atoms with Gasteiger partial charge in [0.15, 0.2) is 11.9 Å². The van der Waals surface area contributed by atoms with Crippen molar-refractivity contribution < 1.29 is 14.5 Å². The van der Waals surface area contributed by atoms with Crippen molar-refractivity contribution in [1.82, 2.24) is 0 Å². The highest BCUT2D eigenvalue weighted by molar-refractivity contribution is 5.67. The molecule has 0 amide bonds. The zero-order chi connectivity index (χ0) is 18.3. The van der Waals surface area contributed by atoms with Crippen LogP contribution in [0.25, 0.3) is 0 Å². The van der Waals surface area contributed by atoms with E-state index in [-0.39, 0.29) is 6.42 Å². The van der Waals surface area contributed by atoms with E-state index in [1.807, 2.05) is 6.20 Å². The fraction of sp³-hybridized carbons (Fsp3) is 0.727. The van der Waals surface area contributed by atoms with Gasteiger partial charge in [-0.25, -0.2) is 4.57 Å². The van der Waals surface area contributed by atoms with Crippen molar-refractivity contribution in [3.8, 4) is 0 Å². The minimum absolute atomic E-state index is 0.0251. The van der Waals surface area contributed by atoms with Gasteiger partial charge < -0.3 is 9.90 Å². The Hall–Kier alpha value is -1.38. The Labute approximate surface area is 154 Å². The van der Waals surface area contributed by atoms with E-state index >= 15 is 0 Å². The molecule has 0 radical (unpaired) electrons. The number of carbonyl (C=O) groups is 1. The Morgan fingerprint density at radius 1 is 0.920 bits per heavy atom. The van der Waals surface area contributed by atoms with Crippen LogP contribution in [0.4, 0.5) is 0 Å². The van der Waals surface area contributed by atoms with Crippen LogP contribution < -0.4 is 9.67 Å². The van der Waals surface area contributed by atoms with E-state index in [0.717, 1.165) is 37.9 Å². The molecule has 0 fully saturated rings. The number of carbonyl (C=O) groups excluding carboxylic acids is 1. The molecule has 0 saturated heterocycles. The molecule has 0 saturated carbocycles. The first-order valence-corrected chi connectivity index (χ1v) is 10.4. The van der Waals surface area contributed by atoms with Gasteiger partial charge in [-0.05, 0) is 25.3 Å². The van der Waals surface area contributed by atoms with Crippen LogP contribution >= 0.6 is 0 Å². The quantitative estimate of drug-likeness (QED) is 0.353. The fourth-order valence-corrected chi connectivity index (χ4v) is 3.38. The third-order valence-electron chi connectivity index (χ3n) is 4.89. The molecule has 0 aliphatic heterocycles. The summed E-state index contributed by atoms with van der Waals surface area (Å²) in [5.74, 6) is -0.982. The first kappa shape index (κ1) is 21.7. The van der Waals surface area contributed by atoms with Crippen molar-refractivity contribution in [2.24, 2.45) is 0 Å². The second kappa shape index (κ2) is 13.9. The lowest BCUT2D eigenvalue weighted by Crippen LogP contribution is -2.42. The minimum atomic E-state index is -0.982. The van der Waals surface area contributed by atoms with Crippen LogP contribution in [0.15, 0.2) is 18.3 Å². The molecule has 1 rings (SSSR count). The van der Waals surface area contributed by atoms with Crippen molar-refractivity contribution in [3.05, 3.63) is 29.6 Å². The summed E-state index contributed by atoms with van der Waals surface area (Å²) in [6, 6.07) is 4.12. The zero-order valence-corrected chi connectivity index (χ0v) is 16.4. The lowest BCUT2D eigenvalue weighted by atomic mass is 10.0. The minimum Gasteiger partial charge on any atom is -0.550 e. The molecule has 0 N–H and O–H groups in total. The number of carboxylic acid groups (broad SMARTS) is 1. The molecule has 3 heteroatoms. The van der Waals surface area contributed by atoms with Gasteiger partial charge in [-0.3, -0.25) is 0 Å². The summed E-state index contributed by atoms with van der Waals surface area (Å²) in [4.78, 5) is 11.1. The Balaban J connectivity index is 2.42. The Bertz CT molecular complexity index is 485. The molecular formula is C22H37NO2. The van der Waals surface area contributed by atoms with E-state index in [1.165, 1.54) is 56.9 Å². The third-order valence-corrected chi connectivity index (χ3v) is 4.89. The summed E-state index contributed by atoms with van der Waals surface area (Å²) in [6.45, 7) is 5.33. The average molecular weight is 348 g/mol. The highest BCUT2D eigenvalue weighted by Crippen LogP contribution is 2.11. The number of carboxylic acids is 1. The monoisotopic (exact) mass is 347 g/mol. The number of pyridine rings is 1. The van der Waals surface area contributed by atoms with Crippen molar-refractivity contribution in [1.29, 1.82) is 0 Å². The SMILES string of the molecule is CCCCCCCCCCC[n+]1cccc(CCCC)c1CC(=O)[O-]. The maximum atomic E-state index is 11.1. The molecule has 0 aromatic carbocycles. The van der Waals surface area contributed by atoms with Gasteiger partial charge in [0, 0.05) is 18.1 Å². The molecule has 3 nitrogen and oxygen atoms in total. The van der Waals surface area contributed by atoms with Gasteiger partial charge in [-0.1, -0.05) is 65.2 Å². The van der Waals surface area contributed by atoms with Gasteiger partial charge >= 0.3 is 0 Å². The van der Waals surface area contributed by atoms with Crippen molar-refractivity contribution in [3.63, 3.8) is 0 Å². The van der Waals surface area contributed by atoms with Gasteiger partial charge in [-0.15, -0.1) is 0 Å². The van der Waals surface area contributed by atoms with Crippen LogP contribution in [0.5, 0.6) is 0 Å². The molecule has 142 valence electrons. The van der Waals surface area contributed by atoms with Crippen LogP contribution in [0, 0.1) is 0 Å². The molecule has 1 aromatic rings. The summed E-state index contributed by atoms with van der Waals surface area (Å²) in [5.41, 5.74) is 2.11. The Morgan fingerprint density at radius 2 is 1.52 bits per heavy atom. The Kier molecular flexibility index (Phi) is 12.0. The topological polar surface area (TPSA) is 44.0 Å². The second-order valence-corrected chi connectivity index (χ2v) is 7.15. The van der Waals surface area contributed by atoms with Crippen molar-refractivity contribution in [2.75, 3.05) is 0 Å². The van der Waals surface area contributed by atoms with E-state index in [1.54, 1.807) is 0 Å². The molecule has 0 atom stereocenters. The zero-order valence-electron chi connectivity index (χ0n) is 16.4. The normalized spacial score (nSPS) is 11.0. The van der Waals surface area contributed by atoms with Gasteiger partial charge in [-0.2, -0.15) is 0 Å². The molecule has 1 heterocycles. The summed E-state index contributed by atoms with van der Waals surface area (Å²) in [7, 11) is 0. The van der Waals surface area contributed by atoms with Crippen molar-refractivity contribution in [2.45, 2.75) is 104 Å². The molecule has 1 aromatic heterocycles. The van der Waals surface area contributed by atoms with Crippen LogP contribution in [-0.4, -0.2) is 5.97 Å². The fourth-order valence-electron chi connectivity index (χ4n) is 3.38. The van der Waals surface area contributed by atoms with E-state index in [2.05, 4.69) is 30.5 Å². The van der Waals surface area contributed by atoms with E-state index in [4.69, 9.17) is 0 Å². The number of nitrogens with zero attached hydrogens (tertiary/aromatic N) is 1. The van der Waals surface area contributed by atoms with Crippen LogP contribution in [0.2, 0.25) is 0 Å². The molecule has 0 aliphatic rings. The van der Waals surface area contributed by atoms with Crippen LogP contribution in [0.3, 0.4) is 0 Å². The number of hydrogen-bond donors (Lipinski definition) is 0. The van der Waals surface area contributed by atoms with E-state index in [0.29, 0.717) is 0 Å². The largest absolute Gasteiger partial charge is 0.550 e. The lowest BCUT2D eigenvalue weighted by Gasteiger charge is -2.10. The highest BCUT2D eigenvalue weighted by Gasteiger charge is 2.15. The van der Waals surface area contributed by atoms with Gasteiger partial charge in [0.25, 0.3) is 0 Å². The third kappa shape index (κ3) is 9.62. The van der Waals surface area contributed by atoms with Gasteiger partial charge in [0.2, 0.25) is 0 Å². The number of hydrogen-bond acceptors (Lipinski definition) is 2. The smallest absolute Gasteiger partial charge is 0.190 e. The van der Waals surface area contributed by atoms with Gasteiger partial charge in [0.1, 0.15) is 6.54 Å². The highest BCUT2D eigenvalue weighted by atomic mass is 16.4. The van der Waals surface area contributed by atoms with E-state index in [9.17, 15) is 9.90 Å². The first-order valence-electron chi connectivity index (χ1n) is 10.4. The van der Waals surface area contributed by atoms with Crippen molar-refractivity contribution >= 4 is 5.97 Å². The maximum absolute atomic E-state index is 11.1. The number of aryl methyl sites for hydroxylation is 2. The number of unbranched alkanes of at least 4 members (excludes halogenated alkanes) is 9. The molecule has 25 heavy (non-hydrogen) atoms. The van der Waals surface area contributed by atoms with Crippen LogP contribution in [-0.2, 0) is 24.2 Å². The van der Waals surface area contributed by atoms with Gasteiger partial charge in [0.05, 0.1) is 12.4 Å². The maximum Gasteiger partial charge on any atom is 0.190 e. The summed E-state index contributed by atoms with van der Waals surface area (Å²) >= 11 is 0. The molecule has 0 bridgehead atoms. The van der Waals surface area contributed by atoms with Crippen LogP contribution in [0.1, 0.15) is 95.7 Å². The molecule has 0 aliphatic carbocycles. The summed E-state index contributed by atoms with van der Waals surface area (Å²) in [6.07, 6.45) is 17.0. The number of aliphatic carboxylic acids is 1. The summed E-state index contributed by atoms with van der Waals surface area (Å²) < 4.78 is 2.14. The lowest BCUT2D eigenvalue weighted by molar-refractivity contribution is -0.704. The number of rotatable bonds is 15. The predicted molar refractivity (Wildman–Crippen MR) is 101 cm³/mol. The van der Waals surface area contributed by atoms with E-state index < -0.39 is 5.97 Å². The second-order valence-electron chi connectivity index (χ2n) is 7.15. The average Bonchev–Trinajstić information content (AvgIpc) is 2.59. The first-order chi connectivity index (χ1) is 12.2. The molecule has 0 unspecified atom stereocenters. The predicted octanol–water partition coefficient (Wildman–Crippen LogP) is 4.14. The number of aromatic nitrogens is 1. The Morgan fingerprint density at radius 3 is 2.12 bits per heavy atom. The standard InChI is InChI=1S/C22H37NO2/c1-3-5-7-8-9-10-11-12-13-17-23-18-14-16-20(15-6-4-2)21(23)19-22(24)25/h14,16,18H,3-13,15,17,19H2,1-2H3. The molecular weight excluding hydrogens is 310 g/mol. The molecule has 0 spiro atoms. The summed E-state index contributed by atoms with van der Waals surface area (Å²) in [5, 5.41) is 11.1.